The fourth-order valence-electron chi connectivity index (χ4n) is 2.79. The second-order valence-corrected chi connectivity index (χ2v) is 6.25. The highest BCUT2D eigenvalue weighted by atomic mass is 35.5. The first-order chi connectivity index (χ1) is 11.6. The van der Waals surface area contributed by atoms with Crippen LogP contribution in [0.15, 0.2) is 42.6 Å². The van der Waals surface area contributed by atoms with E-state index in [9.17, 15) is 9.90 Å². The number of ether oxygens (including phenoxy) is 1. The van der Waals surface area contributed by atoms with E-state index in [0.717, 1.165) is 19.4 Å². The fourth-order valence-corrected chi connectivity index (χ4v) is 2.95. The van der Waals surface area contributed by atoms with Gasteiger partial charge in [-0.2, -0.15) is 0 Å². The van der Waals surface area contributed by atoms with Gasteiger partial charge in [0, 0.05) is 36.5 Å². The van der Waals surface area contributed by atoms with Gasteiger partial charge in [0.15, 0.2) is 0 Å². The monoisotopic (exact) mass is 346 g/mol. The SMILES string of the molecule is O=C(c1cc(Cl)ccn1)N(Cc1ccccc1O)CC1CCCO1. The lowest BCUT2D eigenvalue weighted by Crippen LogP contribution is -2.37. The van der Waals surface area contributed by atoms with Gasteiger partial charge in [0.1, 0.15) is 11.4 Å². The number of aromatic hydroxyl groups is 1. The van der Waals surface area contributed by atoms with Gasteiger partial charge < -0.3 is 14.7 Å². The number of nitrogens with zero attached hydrogens (tertiary/aromatic N) is 2. The maximum atomic E-state index is 12.9. The zero-order valence-electron chi connectivity index (χ0n) is 13.2. The van der Waals surface area contributed by atoms with Crippen molar-refractivity contribution in [3.05, 3.63) is 58.9 Å². The van der Waals surface area contributed by atoms with Gasteiger partial charge in [0.05, 0.1) is 6.10 Å². The highest BCUT2D eigenvalue weighted by Crippen LogP contribution is 2.22. The second kappa shape index (κ2) is 7.64. The maximum absolute atomic E-state index is 12.9. The first-order valence-corrected chi connectivity index (χ1v) is 8.30. The lowest BCUT2D eigenvalue weighted by Gasteiger charge is -2.25. The van der Waals surface area contributed by atoms with E-state index in [4.69, 9.17) is 16.3 Å². The molecule has 0 aliphatic carbocycles. The highest BCUT2D eigenvalue weighted by molar-refractivity contribution is 6.30. The number of phenolic OH excluding ortho intramolecular Hbond substituents is 1. The average molecular weight is 347 g/mol. The maximum Gasteiger partial charge on any atom is 0.272 e. The summed E-state index contributed by atoms with van der Waals surface area (Å²) in [6.07, 6.45) is 3.45. The lowest BCUT2D eigenvalue weighted by atomic mass is 10.1. The van der Waals surface area contributed by atoms with Crippen LogP contribution >= 0.6 is 11.6 Å². The summed E-state index contributed by atoms with van der Waals surface area (Å²) in [5.41, 5.74) is 0.974. The van der Waals surface area contributed by atoms with Crippen LogP contribution in [0.3, 0.4) is 0 Å². The van der Waals surface area contributed by atoms with Crippen molar-refractivity contribution in [2.45, 2.75) is 25.5 Å². The number of rotatable bonds is 5. The molecule has 24 heavy (non-hydrogen) atoms. The van der Waals surface area contributed by atoms with E-state index < -0.39 is 0 Å². The Morgan fingerprint density at radius 1 is 1.38 bits per heavy atom. The molecule has 1 aromatic heterocycles. The van der Waals surface area contributed by atoms with Crippen molar-refractivity contribution in [2.24, 2.45) is 0 Å². The second-order valence-electron chi connectivity index (χ2n) is 5.81. The largest absolute Gasteiger partial charge is 0.508 e. The molecule has 126 valence electrons. The number of benzene rings is 1. The summed E-state index contributed by atoms with van der Waals surface area (Å²) in [5.74, 6) is -0.0575. The normalized spacial score (nSPS) is 17.0. The van der Waals surface area contributed by atoms with E-state index in [1.165, 1.54) is 6.20 Å². The number of phenols is 1. The van der Waals surface area contributed by atoms with Crippen molar-refractivity contribution >= 4 is 17.5 Å². The summed E-state index contributed by atoms with van der Waals surface area (Å²) >= 11 is 5.97. The van der Waals surface area contributed by atoms with Crippen molar-refractivity contribution in [3.63, 3.8) is 0 Å². The van der Waals surface area contributed by atoms with E-state index in [1.54, 1.807) is 35.2 Å². The van der Waals surface area contributed by atoms with E-state index >= 15 is 0 Å². The predicted octanol–water partition coefficient (Wildman–Crippen LogP) is 3.26. The van der Waals surface area contributed by atoms with Gasteiger partial charge in [-0.25, -0.2) is 0 Å². The third-order valence-corrected chi connectivity index (χ3v) is 4.26. The Morgan fingerprint density at radius 3 is 2.92 bits per heavy atom. The summed E-state index contributed by atoms with van der Waals surface area (Å²) < 4.78 is 5.66. The number of carbonyl (C=O) groups is 1. The van der Waals surface area contributed by atoms with Crippen LogP contribution in [0.4, 0.5) is 0 Å². The molecular weight excluding hydrogens is 328 g/mol. The minimum absolute atomic E-state index is 0.0130. The molecule has 2 aromatic rings. The third kappa shape index (κ3) is 4.04. The fraction of sp³-hybridized carbons (Fsp3) is 0.333. The molecule has 1 saturated heterocycles. The van der Waals surface area contributed by atoms with Crippen molar-refractivity contribution in [3.8, 4) is 5.75 Å². The first-order valence-electron chi connectivity index (χ1n) is 7.93. The minimum Gasteiger partial charge on any atom is -0.508 e. The standard InChI is InChI=1S/C18H19ClN2O3/c19-14-7-8-20-16(10-14)18(23)21(12-15-5-3-9-24-15)11-13-4-1-2-6-17(13)22/h1-2,4,6-8,10,15,22H,3,5,9,11-12H2. The van der Waals surface area contributed by atoms with E-state index in [0.29, 0.717) is 23.7 Å². The van der Waals surface area contributed by atoms with Crippen LogP contribution in [0.1, 0.15) is 28.9 Å². The molecule has 0 spiro atoms. The Bertz CT molecular complexity index is 717. The molecule has 1 aromatic carbocycles. The molecule has 1 atom stereocenters. The van der Waals surface area contributed by atoms with Crippen molar-refractivity contribution in [1.82, 2.24) is 9.88 Å². The molecule has 0 bridgehead atoms. The number of amides is 1. The summed E-state index contributed by atoms with van der Waals surface area (Å²) in [6, 6.07) is 10.2. The quantitative estimate of drug-likeness (QED) is 0.902. The molecule has 1 aliphatic heterocycles. The number of hydrogen-bond acceptors (Lipinski definition) is 4. The zero-order chi connectivity index (χ0) is 16.9. The molecule has 1 amide bonds. The van der Waals surface area contributed by atoms with E-state index in [-0.39, 0.29) is 23.5 Å². The lowest BCUT2D eigenvalue weighted by molar-refractivity contribution is 0.0501. The average Bonchev–Trinajstić information content (AvgIpc) is 3.08. The number of pyridine rings is 1. The van der Waals surface area contributed by atoms with Gasteiger partial charge >= 0.3 is 0 Å². The zero-order valence-corrected chi connectivity index (χ0v) is 13.9. The van der Waals surface area contributed by atoms with Gasteiger partial charge in [0.25, 0.3) is 5.91 Å². The van der Waals surface area contributed by atoms with Crippen LogP contribution in [0.25, 0.3) is 0 Å². The molecule has 1 N–H and O–H groups in total. The van der Waals surface area contributed by atoms with Crippen LogP contribution < -0.4 is 0 Å². The molecule has 5 nitrogen and oxygen atoms in total. The van der Waals surface area contributed by atoms with Gasteiger partial charge in [0.2, 0.25) is 0 Å². The van der Waals surface area contributed by atoms with E-state index in [2.05, 4.69) is 4.98 Å². The number of carbonyl (C=O) groups excluding carboxylic acids is 1. The smallest absolute Gasteiger partial charge is 0.272 e. The number of aromatic nitrogens is 1. The molecule has 2 heterocycles. The summed E-state index contributed by atoms with van der Waals surface area (Å²) in [7, 11) is 0. The number of halogens is 1. The van der Waals surface area contributed by atoms with Crippen molar-refractivity contribution in [2.75, 3.05) is 13.2 Å². The van der Waals surface area contributed by atoms with Gasteiger partial charge in [-0.1, -0.05) is 29.8 Å². The van der Waals surface area contributed by atoms with Gasteiger partial charge in [-0.3, -0.25) is 9.78 Å². The van der Waals surface area contributed by atoms with Crippen LogP contribution in [0, 0.1) is 0 Å². The van der Waals surface area contributed by atoms with Crippen LogP contribution in [0.5, 0.6) is 5.75 Å². The molecule has 1 fully saturated rings. The molecule has 6 heteroatoms. The molecule has 3 rings (SSSR count). The highest BCUT2D eigenvalue weighted by Gasteiger charge is 2.25. The molecule has 0 radical (unpaired) electrons. The number of para-hydroxylation sites is 1. The van der Waals surface area contributed by atoms with Crippen molar-refractivity contribution < 1.29 is 14.6 Å². The molecule has 0 saturated carbocycles. The predicted molar refractivity (Wildman–Crippen MR) is 91.1 cm³/mol. The van der Waals surface area contributed by atoms with Crippen LogP contribution in [-0.4, -0.2) is 40.2 Å². The Morgan fingerprint density at radius 2 is 2.21 bits per heavy atom. The summed E-state index contributed by atoms with van der Waals surface area (Å²) in [4.78, 5) is 18.6. The Hall–Kier alpha value is -2.11. The molecule has 1 aliphatic rings. The van der Waals surface area contributed by atoms with Crippen LogP contribution in [0.2, 0.25) is 5.02 Å². The Labute approximate surface area is 145 Å². The molecular formula is C18H19ClN2O3. The van der Waals surface area contributed by atoms with Gasteiger partial charge in [-0.05, 0) is 31.0 Å². The summed E-state index contributed by atoms with van der Waals surface area (Å²) in [5, 5.41) is 10.5. The minimum atomic E-state index is -0.226. The van der Waals surface area contributed by atoms with Crippen molar-refractivity contribution in [1.29, 1.82) is 0 Å². The third-order valence-electron chi connectivity index (χ3n) is 4.03. The Balaban J connectivity index is 1.83. The topological polar surface area (TPSA) is 62.7 Å². The number of hydrogen-bond donors (Lipinski definition) is 1. The summed E-state index contributed by atoms with van der Waals surface area (Å²) in [6.45, 7) is 1.47. The van der Waals surface area contributed by atoms with Gasteiger partial charge in [-0.15, -0.1) is 0 Å². The molecule has 1 unspecified atom stereocenters. The first kappa shape index (κ1) is 16.7. The Kier molecular flexibility index (Phi) is 5.33. The van der Waals surface area contributed by atoms with E-state index in [1.807, 2.05) is 6.07 Å². The van der Waals surface area contributed by atoms with Crippen LogP contribution in [-0.2, 0) is 11.3 Å².